The molecule has 0 radical (unpaired) electrons. The molecular weight excluding hydrogens is 241 g/mol. The highest BCUT2D eigenvalue weighted by molar-refractivity contribution is 5.85. The van der Waals surface area contributed by atoms with Gasteiger partial charge in [0.05, 0.1) is 7.11 Å². The summed E-state index contributed by atoms with van der Waals surface area (Å²) in [4.78, 5) is 4.11. The normalized spacial score (nSPS) is 9.59. The van der Waals surface area contributed by atoms with Crippen LogP contribution in [-0.2, 0) is 0 Å². The van der Waals surface area contributed by atoms with Crippen molar-refractivity contribution in [1.82, 2.24) is 4.98 Å². The lowest BCUT2D eigenvalue weighted by Crippen LogP contribution is -1.88. The van der Waals surface area contributed by atoms with Crippen molar-refractivity contribution in [2.75, 3.05) is 7.11 Å². The molecule has 0 aliphatic heterocycles. The molecule has 0 unspecified atom stereocenters. The Kier molecular flexibility index (Phi) is 4.46. The lowest BCUT2D eigenvalue weighted by Gasteiger charge is -2.04. The first-order chi connectivity index (χ1) is 7.70. The summed E-state index contributed by atoms with van der Waals surface area (Å²) in [5, 5.41) is 0. The highest BCUT2D eigenvalue weighted by atomic mass is 35.5. The van der Waals surface area contributed by atoms with Gasteiger partial charge in [-0.15, -0.1) is 12.4 Å². The largest absolute Gasteiger partial charge is 0.481 e. The van der Waals surface area contributed by atoms with E-state index in [4.69, 9.17) is 4.74 Å². The van der Waals surface area contributed by atoms with Gasteiger partial charge in [0.25, 0.3) is 0 Å². The fraction of sp³-hybridized carbons (Fsp3) is 0.154. The number of nitrogens with zero attached hydrogens (tertiary/aromatic N) is 1. The van der Waals surface area contributed by atoms with Crippen LogP contribution in [0.5, 0.6) is 5.88 Å². The lowest BCUT2D eigenvalue weighted by atomic mass is 10.1. The molecule has 90 valence electrons. The zero-order valence-corrected chi connectivity index (χ0v) is 10.4. The van der Waals surface area contributed by atoms with Crippen LogP contribution < -0.4 is 4.74 Å². The zero-order chi connectivity index (χ0) is 11.5. The second-order valence-corrected chi connectivity index (χ2v) is 3.55. The zero-order valence-electron chi connectivity index (χ0n) is 9.61. The first-order valence-electron chi connectivity index (χ1n) is 4.97. The minimum atomic E-state index is -0.190. The molecule has 1 heterocycles. The lowest BCUT2D eigenvalue weighted by molar-refractivity contribution is 0.398. The van der Waals surface area contributed by atoms with Gasteiger partial charge in [-0.3, -0.25) is 0 Å². The topological polar surface area (TPSA) is 22.1 Å². The molecule has 2 nitrogen and oxygen atoms in total. The SMILES string of the molecule is COc1ccc(-c2ccc(F)c(C)c2)cn1.Cl. The van der Waals surface area contributed by atoms with Gasteiger partial charge >= 0.3 is 0 Å². The van der Waals surface area contributed by atoms with Crippen molar-refractivity contribution in [1.29, 1.82) is 0 Å². The summed E-state index contributed by atoms with van der Waals surface area (Å²) in [5.41, 5.74) is 2.53. The summed E-state index contributed by atoms with van der Waals surface area (Å²) in [5.74, 6) is 0.382. The molecule has 0 aliphatic rings. The monoisotopic (exact) mass is 253 g/mol. The average Bonchev–Trinajstić information content (AvgIpc) is 2.33. The van der Waals surface area contributed by atoms with Crippen LogP contribution in [0.2, 0.25) is 0 Å². The first-order valence-corrected chi connectivity index (χ1v) is 4.97. The first kappa shape index (κ1) is 13.5. The van der Waals surface area contributed by atoms with Crippen LogP contribution in [0.4, 0.5) is 4.39 Å². The number of pyridine rings is 1. The summed E-state index contributed by atoms with van der Waals surface area (Å²) >= 11 is 0. The van der Waals surface area contributed by atoms with Crippen LogP contribution in [0.25, 0.3) is 11.1 Å². The molecule has 17 heavy (non-hydrogen) atoms. The summed E-state index contributed by atoms with van der Waals surface area (Å²) in [6.07, 6.45) is 1.71. The fourth-order valence-electron chi connectivity index (χ4n) is 1.50. The van der Waals surface area contributed by atoms with Crippen LogP contribution in [0.1, 0.15) is 5.56 Å². The van der Waals surface area contributed by atoms with Crippen LogP contribution >= 0.6 is 12.4 Å². The highest BCUT2D eigenvalue weighted by Crippen LogP contribution is 2.22. The summed E-state index contributed by atoms with van der Waals surface area (Å²) in [6.45, 7) is 1.75. The maximum absolute atomic E-state index is 13.1. The fourth-order valence-corrected chi connectivity index (χ4v) is 1.50. The van der Waals surface area contributed by atoms with Crippen molar-refractivity contribution < 1.29 is 9.13 Å². The van der Waals surface area contributed by atoms with Crippen molar-refractivity contribution >= 4 is 12.4 Å². The van der Waals surface area contributed by atoms with E-state index in [1.807, 2.05) is 6.07 Å². The molecule has 0 atom stereocenters. The third-order valence-corrected chi connectivity index (χ3v) is 2.44. The summed E-state index contributed by atoms with van der Waals surface area (Å²) in [7, 11) is 1.57. The van der Waals surface area contributed by atoms with Crippen molar-refractivity contribution in [3.63, 3.8) is 0 Å². The Morgan fingerprint density at radius 3 is 2.35 bits per heavy atom. The van der Waals surface area contributed by atoms with E-state index in [-0.39, 0.29) is 18.2 Å². The predicted molar refractivity (Wildman–Crippen MR) is 68.2 cm³/mol. The smallest absolute Gasteiger partial charge is 0.212 e. The molecule has 2 aromatic rings. The second kappa shape index (κ2) is 5.64. The Balaban J connectivity index is 0.00000144. The van der Waals surface area contributed by atoms with E-state index in [9.17, 15) is 4.39 Å². The van der Waals surface area contributed by atoms with Gasteiger partial charge in [-0.2, -0.15) is 0 Å². The Bertz CT molecular complexity index is 499. The molecule has 0 saturated heterocycles. The summed E-state index contributed by atoms with van der Waals surface area (Å²) in [6, 6.07) is 8.70. The molecule has 0 fully saturated rings. The number of aryl methyl sites for hydroxylation is 1. The van der Waals surface area contributed by atoms with Gasteiger partial charge in [0.2, 0.25) is 5.88 Å². The van der Waals surface area contributed by atoms with Gasteiger partial charge in [-0.1, -0.05) is 6.07 Å². The maximum atomic E-state index is 13.1. The molecule has 0 amide bonds. The van der Waals surface area contributed by atoms with E-state index in [0.717, 1.165) is 11.1 Å². The number of hydrogen-bond donors (Lipinski definition) is 0. The van der Waals surface area contributed by atoms with E-state index in [1.165, 1.54) is 6.07 Å². The minimum absolute atomic E-state index is 0. The Hall–Kier alpha value is -1.61. The summed E-state index contributed by atoms with van der Waals surface area (Å²) < 4.78 is 18.1. The van der Waals surface area contributed by atoms with Crippen LogP contribution in [0, 0.1) is 12.7 Å². The number of benzene rings is 1. The van der Waals surface area contributed by atoms with Gasteiger partial charge in [0, 0.05) is 17.8 Å². The van der Waals surface area contributed by atoms with Crippen LogP contribution in [0.15, 0.2) is 36.5 Å². The Morgan fingerprint density at radius 1 is 1.12 bits per heavy atom. The standard InChI is InChI=1S/C13H12FNO.ClH/c1-9-7-10(3-5-12(9)14)11-4-6-13(16-2)15-8-11;/h3-8H,1-2H3;1H. The van der Waals surface area contributed by atoms with Crippen LogP contribution in [0.3, 0.4) is 0 Å². The average molecular weight is 254 g/mol. The number of rotatable bonds is 2. The van der Waals surface area contributed by atoms with Gasteiger partial charge < -0.3 is 4.74 Å². The number of aromatic nitrogens is 1. The van der Waals surface area contributed by atoms with Crippen molar-refractivity contribution in [2.45, 2.75) is 6.92 Å². The third-order valence-electron chi connectivity index (χ3n) is 2.44. The van der Waals surface area contributed by atoms with Crippen LogP contribution in [-0.4, -0.2) is 12.1 Å². The number of halogens is 2. The van der Waals surface area contributed by atoms with E-state index in [1.54, 1.807) is 38.4 Å². The third kappa shape index (κ3) is 2.94. The number of methoxy groups -OCH3 is 1. The Labute approximate surface area is 106 Å². The molecular formula is C13H13ClFNO. The second-order valence-electron chi connectivity index (χ2n) is 3.55. The quantitative estimate of drug-likeness (QED) is 0.815. The van der Waals surface area contributed by atoms with Gasteiger partial charge in [-0.05, 0) is 36.2 Å². The van der Waals surface area contributed by atoms with E-state index < -0.39 is 0 Å². The maximum Gasteiger partial charge on any atom is 0.212 e. The van der Waals surface area contributed by atoms with Crippen molar-refractivity contribution in [3.05, 3.63) is 47.9 Å². The molecule has 0 spiro atoms. The highest BCUT2D eigenvalue weighted by Gasteiger charge is 2.02. The van der Waals surface area contributed by atoms with E-state index >= 15 is 0 Å². The molecule has 1 aromatic carbocycles. The molecule has 0 saturated carbocycles. The molecule has 0 N–H and O–H groups in total. The molecule has 4 heteroatoms. The number of hydrogen-bond acceptors (Lipinski definition) is 2. The molecule has 0 aliphatic carbocycles. The Morgan fingerprint density at radius 2 is 1.82 bits per heavy atom. The van der Waals surface area contributed by atoms with E-state index in [2.05, 4.69) is 4.98 Å². The predicted octanol–water partition coefficient (Wildman–Crippen LogP) is 3.63. The van der Waals surface area contributed by atoms with Crippen molar-refractivity contribution in [2.24, 2.45) is 0 Å². The number of ether oxygens (including phenoxy) is 1. The van der Waals surface area contributed by atoms with Gasteiger partial charge in [0.1, 0.15) is 5.82 Å². The van der Waals surface area contributed by atoms with Gasteiger partial charge in [-0.25, -0.2) is 9.37 Å². The minimum Gasteiger partial charge on any atom is -0.481 e. The van der Waals surface area contributed by atoms with E-state index in [0.29, 0.717) is 11.4 Å². The molecule has 2 rings (SSSR count). The van der Waals surface area contributed by atoms with Gasteiger partial charge in [0.15, 0.2) is 0 Å². The molecule has 1 aromatic heterocycles. The van der Waals surface area contributed by atoms with Crippen molar-refractivity contribution in [3.8, 4) is 17.0 Å². The molecule has 0 bridgehead atoms.